The van der Waals surface area contributed by atoms with Crippen LogP contribution < -0.4 is 9.47 Å². The van der Waals surface area contributed by atoms with Gasteiger partial charge in [0.1, 0.15) is 23.7 Å². The molecule has 36 heavy (non-hydrogen) atoms. The number of aryl methyl sites for hydroxylation is 1. The number of allylic oxidation sites excluding steroid dienone is 2. The predicted molar refractivity (Wildman–Crippen MR) is 147 cm³/mol. The molecule has 0 radical (unpaired) electrons. The number of nitrogens with zero attached hydrogens (tertiary/aromatic N) is 1. The standard InChI is InChI=1S/C29H37NO5.ClH/c1-20(2)7-6-15-29(3)16-14-23-21(9-13-26(32)28(23)35-29)8-12-25(31)24-11-10-22(19-27(24)33)34-18-17-30(4)5;/h7,9-11,13-14,16,19,32-33H,6,8,12,15,17-18H2,1-5H3;1H. The highest BCUT2D eigenvalue weighted by molar-refractivity contribution is 5.98. The third kappa shape index (κ3) is 7.77. The van der Waals surface area contributed by atoms with Crippen LogP contribution in [0.15, 0.2) is 48.1 Å². The number of hydrogen-bond acceptors (Lipinski definition) is 6. The Hall–Kier alpha value is -2.96. The second kappa shape index (κ2) is 12.8. The molecule has 7 heteroatoms. The zero-order valence-corrected chi connectivity index (χ0v) is 22.7. The zero-order valence-electron chi connectivity index (χ0n) is 21.8. The molecule has 0 saturated carbocycles. The maximum Gasteiger partial charge on any atom is 0.169 e. The third-order valence-corrected chi connectivity index (χ3v) is 6.09. The first-order chi connectivity index (χ1) is 16.6. The molecule has 0 aromatic heterocycles. The van der Waals surface area contributed by atoms with Crippen molar-refractivity contribution in [2.75, 3.05) is 27.2 Å². The minimum atomic E-state index is -0.507. The van der Waals surface area contributed by atoms with E-state index in [0.717, 1.165) is 30.5 Å². The van der Waals surface area contributed by atoms with Crippen LogP contribution in [0.3, 0.4) is 0 Å². The molecule has 1 aliphatic rings. The zero-order chi connectivity index (χ0) is 25.6. The van der Waals surface area contributed by atoms with Crippen molar-refractivity contribution in [3.05, 3.63) is 64.7 Å². The van der Waals surface area contributed by atoms with Crippen LogP contribution in [0.25, 0.3) is 6.08 Å². The molecule has 0 amide bonds. The number of ether oxygens (including phenoxy) is 2. The fraction of sp³-hybridized carbons (Fsp3) is 0.414. The number of hydrogen-bond donors (Lipinski definition) is 2. The number of halogens is 1. The van der Waals surface area contributed by atoms with E-state index in [1.54, 1.807) is 18.2 Å². The first-order valence-electron chi connectivity index (χ1n) is 12.1. The van der Waals surface area contributed by atoms with Crippen molar-refractivity contribution in [1.29, 1.82) is 0 Å². The lowest BCUT2D eigenvalue weighted by molar-refractivity contribution is 0.0979. The number of carbonyl (C=O) groups excluding carboxylic acids is 1. The monoisotopic (exact) mass is 515 g/mol. The molecule has 6 nitrogen and oxygen atoms in total. The van der Waals surface area contributed by atoms with Gasteiger partial charge < -0.3 is 24.6 Å². The highest BCUT2D eigenvalue weighted by Gasteiger charge is 2.29. The molecule has 1 unspecified atom stereocenters. The van der Waals surface area contributed by atoms with E-state index in [4.69, 9.17) is 9.47 Å². The highest BCUT2D eigenvalue weighted by atomic mass is 35.5. The Labute approximate surface area is 220 Å². The fourth-order valence-corrected chi connectivity index (χ4v) is 4.01. The van der Waals surface area contributed by atoms with Crippen molar-refractivity contribution in [1.82, 2.24) is 4.90 Å². The van der Waals surface area contributed by atoms with Crippen LogP contribution >= 0.6 is 12.4 Å². The summed E-state index contributed by atoms with van der Waals surface area (Å²) in [7, 11) is 3.92. The van der Waals surface area contributed by atoms with E-state index >= 15 is 0 Å². The Bertz CT molecular complexity index is 1120. The van der Waals surface area contributed by atoms with Crippen LogP contribution in [0.5, 0.6) is 23.0 Å². The number of carbonyl (C=O) groups is 1. The van der Waals surface area contributed by atoms with Crippen molar-refractivity contribution >= 4 is 24.3 Å². The molecule has 0 fully saturated rings. The van der Waals surface area contributed by atoms with Gasteiger partial charge in [0.05, 0.1) is 5.56 Å². The number of Topliss-reactive ketones (excluding diaryl/α,β-unsaturated/α-hetero) is 1. The molecular formula is C29H38ClNO5. The summed E-state index contributed by atoms with van der Waals surface area (Å²) < 4.78 is 11.9. The summed E-state index contributed by atoms with van der Waals surface area (Å²) in [4.78, 5) is 14.9. The van der Waals surface area contributed by atoms with Gasteiger partial charge in [-0.3, -0.25) is 4.79 Å². The molecule has 1 aliphatic heterocycles. The molecule has 2 aromatic rings. The third-order valence-electron chi connectivity index (χ3n) is 6.09. The van der Waals surface area contributed by atoms with Gasteiger partial charge in [-0.1, -0.05) is 23.8 Å². The lowest BCUT2D eigenvalue weighted by Gasteiger charge is -2.32. The lowest BCUT2D eigenvalue weighted by Crippen LogP contribution is -2.32. The van der Waals surface area contributed by atoms with Crippen molar-refractivity contribution < 1.29 is 24.5 Å². The highest BCUT2D eigenvalue weighted by Crippen LogP contribution is 2.42. The van der Waals surface area contributed by atoms with Crippen molar-refractivity contribution in [3.63, 3.8) is 0 Å². The molecule has 0 aliphatic carbocycles. The minimum Gasteiger partial charge on any atom is -0.507 e. The molecule has 3 rings (SSSR count). The molecule has 2 N–H and O–H groups in total. The second-order valence-electron chi connectivity index (χ2n) is 9.81. The first-order valence-corrected chi connectivity index (χ1v) is 12.1. The van der Waals surface area contributed by atoms with E-state index in [0.29, 0.717) is 24.5 Å². The quantitative estimate of drug-likeness (QED) is 0.274. The number of benzene rings is 2. The number of phenols is 2. The number of likely N-dealkylation sites (N-methyl/N-ethyl adjacent to an activating group) is 1. The second-order valence-corrected chi connectivity index (χ2v) is 9.81. The van der Waals surface area contributed by atoms with Gasteiger partial charge in [-0.25, -0.2) is 0 Å². The van der Waals surface area contributed by atoms with Crippen LogP contribution in [0.2, 0.25) is 0 Å². The van der Waals surface area contributed by atoms with Crippen LogP contribution in [0, 0.1) is 0 Å². The van der Waals surface area contributed by atoms with Crippen LogP contribution in [0.1, 0.15) is 61.5 Å². The van der Waals surface area contributed by atoms with Gasteiger partial charge in [0.25, 0.3) is 0 Å². The maximum absolute atomic E-state index is 12.9. The Morgan fingerprint density at radius 2 is 1.89 bits per heavy atom. The molecule has 0 spiro atoms. The number of phenolic OH excluding ortho intramolecular Hbond substituents is 2. The summed E-state index contributed by atoms with van der Waals surface area (Å²) in [5.74, 6) is 0.842. The van der Waals surface area contributed by atoms with E-state index in [9.17, 15) is 15.0 Å². The summed E-state index contributed by atoms with van der Waals surface area (Å²) in [6.07, 6.45) is 8.55. The number of rotatable bonds is 11. The molecule has 0 saturated heterocycles. The van der Waals surface area contributed by atoms with Gasteiger partial charge in [0.2, 0.25) is 0 Å². The summed E-state index contributed by atoms with van der Waals surface area (Å²) in [6, 6.07) is 8.24. The molecular weight excluding hydrogens is 478 g/mol. The molecule has 196 valence electrons. The Kier molecular flexibility index (Phi) is 10.4. The van der Waals surface area contributed by atoms with Crippen molar-refractivity contribution in [2.45, 2.75) is 52.1 Å². The largest absolute Gasteiger partial charge is 0.507 e. The Morgan fingerprint density at radius 3 is 2.56 bits per heavy atom. The van der Waals surface area contributed by atoms with Gasteiger partial charge in [0.15, 0.2) is 17.3 Å². The summed E-state index contributed by atoms with van der Waals surface area (Å²) in [5, 5.41) is 20.8. The van der Waals surface area contributed by atoms with Crippen molar-refractivity contribution in [2.24, 2.45) is 0 Å². The van der Waals surface area contributed by atoms with Crippen LogP contribution in [-0.4, -0.2) is 53.7 Å². The van der Waals surface area contributed by atoms with Gasteiger partial charge >= 0.3 is 0 Å². The predicted octanol–water partition coefficient (Wildman–Crippen LogP) is 6.19. The Balaban J connectivity index is 0.00000456. The van der Waals surface area contributed by atoms with E-state index in [1.807, 2.05) is 44.1 Å². The van der Waals surface area contributed by atoms with Crippen LogP contribution in [-0.2, 0) is 6.42 Å². The van der Waals surface area contributed by atoms with Gasteiger partial charge in [-0.15, -0.1) is 12.4 Å². The van der Waals surface area contributed by atoms with E-state index < -0.39 is 5.60 Å². The molecule has 1 atom stereocenters. The van der Waals surface area contributed by atoms with Gasteiger partial charge in [0, 0.05) is 24.6 Å². The maximum atomic E-state index is 12.9. The van der Waals surface area contributed by atoms with Gasteiger partial charge in [-0.05, 0) is 84.0 Å². The minimum absolute atomic E-state index is 0. The normalized spacial score (nSPS) is 16.1. The SMILES string of the molecule is CC(C)=CCCC1(C)C=Cc2c(CCC(=O)c3ccc(OCCN(C)C)cc3O)ccc(O)c2O1.Cl. The summed E-state index contributed by atoms with van der Waals surface area (Å²) >= 11 is 0. The fourth-order valence-electron chi connectivity index (χ4n) is 4.01. The average molecular weight is 516 g/mol. The first kappa shape index (κ1) is 29.3. The number of fused-ring (bicyclic) bond motifs is 1. The van der Waals surface area contributed by atoms with Gasteiger partial charge in [-0.2, -0.15) is 0 Å². The Morgan fingerprint density at radius 1 is 1.14 bits per heavy atom. The average Bonchev–Trinajstić information content (AvgIpc) is 2.78. The summed E-state index contributed by atoms with van der Waals surface area (Å²) in [6.45, 7) is 7.41. The topological polar surface area (TPSA) is 79.2 Å². The lowest BCUT2D eigenvalue weighted by atomic mass is 9.91. The van der Waals surface area contributed by atoms with E-state index in [-0.39, 0.29) is 41.7 Å². The van der Waals surface area contributed by atoms with Crippen molar-refractivity contribution in [3.8, 4) is 23.0 Å². The molecule has 1 heterocycles. The smallest absolute Gasteiger partial charge is 0.169 e. The molecule has 2 aromatic carbocycles. The summed E-state index contributed by atoms with van der Waals surface area (Å²) in [5.41, 5.74) is 2.74. The van der Waals surface area contributed by atoms with E-state index in [2.05, 4.69) is 19.9 Å². The molecule has 0 bridgehead atoms. The number of aromatic hydroxyl groups is 2. The number of ketones is 1. The van der Waals surface area contributed by atoms with E-state index in [1.165, 1.54) is 11.6 Å². The van der Waals surface area contributed by atoms with Crippen LogP contribution in [0.4, 0.5) is 0 Å².